The summed E-state index contributed by atoms with van der Waals surface area (Å²) in [5.74, 6) is 1.64. The van der Waals surface area contributed by atoms with Crippen molar-refractivity contribution in [3.8, 4) is 0 Å². The molecule has 3 rings (SSSR count). The van der Waals surface area contributed by atoms with Crippen molar-refractivity contribution >= 4 is 38.7 Å². The molecule has 1 atom stereocenters. The molecule has 0 saturated carbocycles. The first kappa shape index (κ1) is 14.5. The first-order valence-corrected chi connectivity index (χ1v) is 7.85. The standard InChI is InChI=1S/C13H14BrClN6/c1-3-20-7-17-19-11(20)6-21-12(8(2)15)18-10-4-9(14)5-16-13(10)21/h4-5,7-8H,3,6H2,1-2H3. The number of pyridine rings is 1. The normalized spacial score (nSPS) is 13.0. The fourth-order valence-corrected chi connectivity index (χ4v) is 2.76. The lowest BCUT2D eigenvalue weighted by molar-refractivity contribution is 0.637. The van der Waals surface area contributed by atoms with Crippen LogP contribution in [0.15, 0.2) is 23.1 Å². The van der Waals surface area contributed by atoms with E-state index in [0.29, 0.717) is 6.54 Å². The molecule has 0 saturated heterocycles. The van der Waals surface area contributed by atoms with Crippen molar-refractivity contribution in [1.82, 2.24) is 29.3 Å². The summed E-state index contributed by atoms with van der Waals surface area (Å²) in [7, 11) is 0. The second-order valence-electron chi connectivity index (χ2n) is 4.70. The second kappa shape index (κ2) is 5.73. The van der Waals surface area contributed by atoms with Crippen molar-refractivity contribution in [2.45, 2.75) is 32.3 Å². The van der Waals surface area contributed by atoms with Crippen LogP contribution in [0.3, 0.4) is 0 Å². The molecule has 0 N–H and O–H groups in total. The zero-order valence-electron chi connectivity index (χ0n) is 11.7. The fraction of sp³-hybridized carbons (Fsp3) is 0.385. The maximum absolute atomic E-state index is 6.27. The van der Waals surface area contributed by atoms with Gasteiger partial charge in [0.1, 0.15) is 17.7 Å². The van der Waals surface area contributed by atoms with Gasteiger partial charge < -0.3 is 9.13 Å². The highest BCUT2D eigenvalue weighted by Gasteiger charge is 2.18. The van der Waals surface area contributed by atoms with Crippen LogP contribution in [0, 0.1) is 0 Å². The number of rotatable bonds is 4. The lowest BCUT2D eigenvalue weighted by atomic mass is 10.4. The molecule has 0 radical (unpaired) electrons. The topological polar surface area (TPSA) is 61.4 Å². The Labute approximate surface area is 135 Å². The van der Waals surface area contributed by atoms with Crippen LogP contribution in [-0.2, 0) is 13.1 Å². The molecule has 3 aromatic heterocycles. The minimum Gasteiger partial charge on any atom is -0.316 e. The van der Waals surface area contributed by atoms with Crippen LogP contribution >= 0.6 is 27.5 Å². The average Bonchev–Trinajstić information content (AvgIpc) is 3.03. The number of hydrogen-bond acceptors (Lipinski definition) is 4. The molecular weight excluding hydrogens is 356 g/mol. The van der Waals surface area contributed by atoms with Crippen LogP contribution in [0.5, 0.6) is 0 Å². The molecule has 3 aromatic rings. The van der Waals surface area contributed by atoms with Gasteiger partial charge in [-0.3, -0.25) is 0 Å². The number of halogens is 2. The Morgan fingerprint density at radius 1 is 1.43 bits per heavy atom. The molecule has 110 valence electrons. The molecule has 0 amide bonds. The van der Waals surface area contributed by atoms with Crippen molar-refractivity contribution in [2.24, 2.45) is 0 Å². The van der Waals surface area contributed by atoms with Crippen molar-refractivity contribution in [3.63, 3.8) is 0 Å². The molecule has 0 aromatic carbocycles. The zero-order chi connectivity index (χ0) is 15.0. The van der Waals surface area contributed by atoms with Crippen molar-refractivity contribution in [1.29, 1.82) is 0 Å². The quantitative estimate of drug-likeness (QED) is 0.663. The van der Waals surface area contributed by atoms with E-state index >= 15 is 0 Å². The number of fused-ring (bicyclic) bond motifs is 1. The highest BCUT2D eigenvalue weighted by atomic mass is 79.9. The molecule has 0 aliphatic carbocycles. The van der Waals surface area contributed by atoms with Crippen molar-refractivity contribution < 1.29 is 0 Å². The van der Waals surface area contributed by atoms with Gasteiger partial charge >= 0.3 is 0 Å². The van der Waals surface area contributed by atoms with Gasteiger partial charge in [-0.25, -0.2) is 9.97 Å². The molecular formula is C13H14BrClN6. The smallest absolute Gasteiger partial charge is 0.160 e. The second-order valence-corrected chi connectivity index (χ2v) is 6.27. The maximum atomic E-state index is 6.27. The molecule has 0 bridgehead atoms. The van der Waals surface area contributed by atoms with Crippen LogP contribution in [0.2, 0.25) is 0 Å². The summed E-state index contributed by atoms with van der Waals surface area (Å²) in [5, 5.41) is 7.92. The minimum atomic E-state index is -0.212. The first-order valence-electron chi connectivity index (χ1n) is 6.62. The van der Waals surface area contributed by atoms with Crippen molar-refractivity contribution in [2.75, 3.05) is 0 Å². The largest absolute Gasteiger partial charge is 0.316 e. The van der Waals surface area contributed by atoms with Crippen LogP contribution in [0.25, 0.3) is 11.2 Å². The van der Waals surface area contributed by atoms with Gasteiger partial charge in [0.05, 0.1) is 11.9 Å². The van der Waals surface area contributed by atoms with Gasteiger partial charge in [0.15, 0.2) is 11.5 Å². The monoisotopic (exact) mass is 368 g/mol. The third-order valence-electron chi connectivity index (χ3n) is 3.27. The molecule has 0 spiro atoms. The van der Waals surface area contributed by atoms with Gasteiger partial charge in [0, 0.05) is 17.2 Å². The number of aromatic nitrogens is 6. The molecule has 0 aliphatic rings. The molecule has 8 heteroatoms. The summed E-state index contributed by atoms with van der Waals surface area (Å²) in [6, 6.07) is 1.94. The van der Waals surface area contributed by atoms with E-state index in [1.807, 2.05) is 22.1 Å². The Balaban J connectivity index is 2.13. The number of hydrogen-bond donors (Lipinski definition) is 0. The third kappa shape index (κ3) is 2.67. The van der Waals surface area contributed by atoms with E-state index in [9.17, 15) is 0 Å². The van der Waals surface area contributed by atoms with Gasteiger partial charge in [0.25, 0.3) is 0 Å². The minimum absolute atomic E-state index is 0.212. The van der Waals surface area contributed by atoms with E-state index in [2.05, 4.69) is 43.0 Å². The van der Waals surface area contributed by atoms with E-state index in [1.165, 1.54) is 0 Å². The Bertz CT molecular complexity index is 778. The Morgan fingerprint density at radius 3 is 2.95 bits per heavy atom. The number of nitrogens with zero attached hydrogens (tertiary/aromatic N) is 6. The van der Waals surface area contributed by atoms with E-state index in [4.69, 9.17) is 11.6 Å². The molecule has 3 heterocycles. The molecule has 0 fully saturated rings. The summed E-state index contributed by atoms with van der Waals surface area (Å²) in [4.78, 5) is 9.05. The van der Waals surface area contributed by atoms with Gasteiger partial charge in [-0.2, -0.15) is 0 Å². The Hall–Kier alpha value is -1.47. The van der Waals surface area contributed by atoms with Gasteiger partial charge in [-0.05, 0) is 35.8 Å². The molecule has 0 aliphatic heterocycles. The average molecular weight is 370 g/mol. The SMILES string of the molecule is CCn1cnnc1Cn1c(C(C)Cl)nc2cc(Br)cnc21. The molecule has 1 unspecified atom stereocenters. The lowest BCUT2D eigenvalue weighted by Crippen LogP contribution is -2.11. The van der Waals surface area contributed by atoms with E-state index in [1.54, 1.807) is 12.5 Å². The molecule has 21 heavy (non-hydrogen) atoms. The van der Waals surface area contributed by atoms with E-state index in [0.717, 1.165) is 33.8 Å². The molecule has 6 nitrogen and oxygen atoms in total. The lowest BCUT2D eigenvalue weighted by Gasteiger charge is -2.10. The van der Waals surface area contributed by atoms with E-state index in [-0.39, 0.29) is 5.38 Å². The summed E-state index contributed by atoms with van der Waals surface area (Å²) >= 11 is 9.68. The van der Waals surface area contributed by atoms with Crippen LogP contribution in [0.4, 0.5) is 0 Å². The van der Waals surface area contributed by atoms with Crippen LogP contribution in [-0.4, -0.2) is 29.3 Å². The first-order chi connectivity index (χ1) is 10.1. The summed E-state index contributed by atoms with van der Waals surface area (Å²) in [6.07, 6.45) is 3.48. The number of alkyl halides is 1. The number of imidazole rings is 1. The van der Waals surface area contributed by atoms with E-state index < -0.39 is 0 Å². The predicted molar refractivity (Wildman–Crippen MR) is 84.3 cm³/mol. The fourth-order valence-electron chi connectivity index (χ4n) is 2.27. The van der Waals surface area contributed by atoms with Gasteiger partial charge in [-0.1, -0.05) is 0 Å². The Morgan fingerprint density at radius 2 is 2.24 bits per heavy atom. The highest BCUT2D eigenvalue weighted by molar-refractivity contribution is 9.10. The Kier molecular flexibility index (Phi) is 3.95. The predicted octanol–water partition coefficient (Wildman–Crippen LogP) is 3.15. The van der Waals surface area contributed by atoms with Gasteiger partial charge in [0.2, 0.25) is 0 Å². The summed E-state index contributed by atoms with van der Waals surface area (Å²) in [6.45, 7) is 5.32. The van der Waals surface area contributed by atoms with Crippen molar-refractivity contribution in [3.05, 3.63) is 34.7 Å². The number of aryl methyl sites for hydroxylation is 1. The highest BCUT2D eigenvalue weighted by Crippen LogP contribution is 2.25. The third-order valence-corrected chi connectivity index (χ3v) is 3.90. The maximum Gasteiger partial charge on any atom is 0.160 e. The van der Waals surface area contributed by atoms with Gasteiger partial charge in [-0.15, -0.1) is 21.8 Å². The van der Waals surface area contributed by atoms with Crippen LogP contribution < -0.4 is 0 Å². The summed E-state index contributed by atoms with van der Waals surface area (Å²) < 4.78 is 4.88. The zero-order valence-corrected chi connectivity index (χ0v) is 14.0. The van der Waals surface area contributed by atoms with Crippen LogP contribution in [0.1, 0.15) is 30.9 Å². The summed E-state index contributed by atoms with van der Waals surface area (Å²) in [5.41, 5.74) is 1.61.